The van der Waals surface area contributed by atoms with Gasteiger partial charge in [0.1, 0.15) is 17.0 Å². The summed E-state index contributed by atoms with van der Waals surface area (Å²) >= 11 is 3.16. The van der Waals surface area contributed by atoms with Crippen LogP contribution in [0.3, 0.4) is 0 Å². The number of nitrogens with one attached hydrogen (secondary N) is 1. The Morgan fingerprint density at radius 2 is 1.88 bits per heavy atom. The molecule has 5 N–H and O–H groups in total. The maximum atomic E-state index is 12.8. The van der Waals surface area contributed by atoms with Crippen molar-refractivity contribution >= 4 is 39.4 Å². The molecule has 1 heterocycles. The van der Waals surface area contributed by atoms with Crippen molar-refractivity contribution in [2.75, 3.05) is 57.7 Å². The SMILES string of the molecule is CN(Cc1cccc(NC(=O)c2nc(Br)cnc2N)c1OCCOCCOCCO)C(=O)O. The first-order valence-electron chi connectivity index (χ1n) is 9.88. The molecule has 0 saturated carbocycles. The van der Waals surface area contributed by atoms with Gasteiger partial charge in [0.2, 0.25) is 0 Å². The Labute approximate surface area is 198 Å². The molecule has 2 amide bonds. The van der Waals surface area contributed by atoms with Crippen molar-refractivity contribution in [3.05, 3.63) is 40.3 Å². The fraction of sp³-hybridized carbons (Fsp3) is 0.400. The fourth-order valence-corrected chi connectivity index (χ4v) is 2.90. The molecule has 180 valence electrons. The van der Waals surface area contributed by atoms with E-state index < -0.39 is 12.0 Å². The summed E-state index contributed by atoms with van der Waals surface area (Å²) in [5.41, 5.74) is 6.54. The van der Waals surface area contributed by atoms with Crippen LogP contribution in [0.5, 0.6) is 5.75 Å². The number of aromatic nitrogens is 2. The predicted molar refractivity (Wildman–Crippen MR) is 122 cm³/mol. The largest absolute Gasteiger partial charge is 0.489 e. The number of halogens is 1. The topological polar surface area (TPSA) is 169 Å². The average molecular weight is 528 g/mol. The molecule has 0 unspecified atom stereocenters. The minimum Gasteiger partial charge on any atom is -0.489 e. The lowest BCUT2D eigenvalue weighted by Crippen LogP contribution is -2.25. The van der Waals surface area contributed by atoms with Crippen molar-refractivity contribution in [1.82, 2.24) is 14.9 Å². The molecule has 12 nitrogen and oxygen atoms in total. The number of amides is 2. The van der Waals surface area contributed by atoms with Crippen LogP contribution in [0.2, 0.25) is 0 Å². The molecule has 0 bridgehead atoms. The van der Waals surface area contributed by atoms with Gasteiger partial charge < -0.3 is 40.4 Å². The molecule has 0 aliphatic heterocycles. The van der Waals surface area contributed by atoms with Gasteiger partial charge in [-0.25, -0.2) is 14.8 Å². The van der Waals surface area contributed by atoms with E-state index in [1.165, 1.54) is 13.2 Å². The number of carbonyl (C=O) groups excluding carboxylic acids is 1. The number of benzene rings is 1. The summed E-state index contributed by atoms with van der Waals surface area (Å²) in [6.07, 6.45) is 0.261. The first-order chi connectivity index (χ1) is 15.8. The molecule has 0 aliphatic rings. The number of hydrogen-bond donors (Lipinski definition) is 4. The van der Waals surface area contributed by atoms with Crippen LogP contribution in [0, 0.1) is 0 Å². The highest BCUT2D eigenvalue weighted by Gasteiger charge is 2.19. The molecule has 1 aromatic heterocycles. The van der Waals surface area contributed by atoms with Crippen molar-refractivity contribution in [1.29, 1.82) is 0 Å². The molecule has 0 saturated heterocycles. The first kappa shape index (κ1) is 26.3. The number of nitrogen functional groups attached to an aromatic ring is 1. The maximum Gasteiger partial charge on any atom is 0.407 e. The number of nitrogens with zero attached hydrogens (tertiary/aromatic N) is 3. The minimum atomic E-state index is -1.11. The van der Waals surface area contributed by atoms with E-state index in [4.69, 9.17) is 25.1 Å². The van der Waals surface area contributed by atoms with E-state index in [1.54, 1.807) is 18.2 Å². The summed E-state index contributed by atoms with van der Waals surface area (Å²) in [5.74, 6) is -0.357. The average Bonchev–Trinajstić information content (AvgIpc) is 2.78. The van der Waals surface area contributed by atoms with Gasteiger partial charge in [-0.2, -0.15) is 0 Å². The van der Waals surface area contributed by atoms with Gasteiger partial charge >= 0.3 is 6.09 Å². The van der Waals surface area contributed by atoms with Crippen LogP contribution < -0.4 is 15.8 Å². The minimum absolute atomic E-state index is 0.0308. The Morgan fingerprint density at radius 1 is 1.18 bits per heavy atom. The van der Waals surface area contributed by atoms with Crippen molar-refractivity contribution in [2.24, 2.45) is 0 Å². The number of rotatable bonds is 13. The second-order valence-corrected chi connectivity index (χ2v) is 7.42. The lowest BCUT2D eigenvalue weighted by atomic mass is 10.1. The number of carboxylic acid groups (broad SMARTS) is 1. The first-order valence-corrected chi connectivity index (χ1v) is 10.7. The van der Waals surface area contributed by atoms with Crippen LogP contribution >= 0.6 is 15.9 Å². The van der Waals surface area contributed by atoms with Gasteiger partial charge in [-0.1, -0.05) is 12.1 Å². The standard InChI is InChI=1S/C20H26BrN5O7/c1-26(20(29)30)12-13-3-2-4-14(17(13)33-10-9-32-8-7-31-6-5-27)24-19(28)16-18(22)23-11-15(21)25-16/h2-4,11,27H,5-10,12H2,1H3,(H2,22,23)(H,24,28)(H,29,30). The van der Waals surface area contributed by atoms with E-state index in [1.807, 2.05) is 0 Å². The number of hydrogen-bond acceptors (Lipinski definition) is 9. The zero-order chi connectivity index (χ0) is 24.2. The van der Waals surface area contributed by atoms with Crippen LogP contribution in [0.4, 0.5) is 16.3 Å². The van der Waals surface area contributed by atoms with Crippen LogP contribution in [0.15, 0.2) is 29.0 Å². The Kier molecular flexibility index (Phi) is 10.8. The Bertz CT molecular complexity index is 947. The number of nitrogens with two attached hydrogens (primary N) is 1. The highest BCUT2D eigenvalue weighted by Crippen LogP contribution is 2.31. The summed E-state index contributed by atoms with van der Waals surface area (Å²) in [6.45, 7) is 1.21. The number of carbonyl (C=O) groups is 2. The van der Waals surface area contributed by atoms with Gasteiger partial charge in [0.15, 0.2) is 11.5 Å². The molecule has 0 fully saturated rings. The molecule has 0 spiro atoms. The van der Waals surface area contributed by atoms with Crippen LogP contribution in [-0.4, -0.2) is 83.8 Å². The van der Waals surface area contributed by atoms with Gasteiger partial charge in [0.25, 0.3) is 5.91 Å². The van der Waals surface area contributed by atoms with Gasteiger partial charge in [-0.3, -0.25) is 4.79 Å². The molecule has 2 rings (SSSR count). The summed E-state index contributed by atoms with van der Waals surface area (Å²) in [7, 11) is 1.42. The smallest absolute Gasteiger partial charge is 0.407 e. The number of ether oxygens (including phenoxy) is 3. The molecule has 0 atom stereocenters. The summed E-state index contributed by atoms with van der Waals surface area (Å²) in [5, 5.41) is 20.6. The number of para-hydroxylation sites is 1. The van der Waals surface area contributed by atoms with E-state index in [9.17, 15) is 14.7 Å². The second kappa shape index (κ2) is 13.5. The Hall–Kier alpha value is -3.00. The van der Waals surface area contributed by atoms with Crippen LogP contribution in [0.1, 0.15) is 16.1 Å². The third kappa shape index (κ3) is 8.46. The van der Waals surface area contributed by atoms with Gasteiger partial charge in [-0.15, -0.1) is 0 Å². The van der Waals surface area contributed by atoms with Gasteiger partial charge in [0.05, 0.1) is 51.5 Å². The lowest BCUT2D eigenvalue weighted by Gasteiger charge is -2.19. The Morgan fingerprint density at radius 3 is 2.58 bits per heavy atom. The highest BCUT2D eigenvalue weighted by molar-refractivity contribution is 9.10. The quantitative estimate of drug-likeness (QED) is 0.280. The van der Waals surface area contributed by atoms with Crippen molar-refractivity contribution in [3.63, 3.8) is 0 Å². The summed E-state index contributed by atoms with van der Waals surface area (Å²) < 4.78 is 16.7. The third-order valence-corrected chi connectivity index (χ3v) is 4.53. The molecule has 0 radical (unpaired) electrons. The normalized spacial score (nSPS) is 10.6. The van der Waals surface area contributed by atoms with Crippen molar-refractivity contribution in [3.8, 4) is 5.75 Å². The molecule has 0 aliphatic carbocycles. The van der Waals surface area contributed by atoms with E-state index in [0.29, 0.717) is 34.8 Å². The van der Waals surface area contributed by atoms with Crippen molar-refractivity contribution < 1.29 is 34.0 Å². The monoisotopic (exact) mass is 527 g/mol. The molecule has 1 aromatic carbocycles. The summed E-state index contributed by atoms with van der Waals surface area (Å²) in [4.78, 5) is 33.1. The maximum absolute atomic E-state index is 12.8. The second-order valence-electron chi connectivity index (χ2n) is 6.61. The highest BCUT2D eigenvalue weighted by atomic mass is 79.9. The number of anilines is 2. The lowest BCUT2D eigenvalue weighted by molar-refractivity contribution is 0.0246. The molecule has 33 heavy (non-hydrogen) atoms. The van der Waals surface area contributed by atoms with E-state index in [-0.39, 0.29) is 44.5 Å². The number of aliphatic hydroxyl groups is 1. The zero-order valence-corrected chi connectivity index (χ0v) is 19.6. The molecule has 2 aromatic rings. The van der Waals surface area contributed by atoms with E-state index >= 15 is 0 Å². The molecular formula is C20H26BrN5O7. The van der Waals surface area contributed by atoms with E-state index in [0.717, 1.165) is 4.90 Å². The molecule has 13 heteroatoms. The van der Waals surface area contributed by atoms with Crippen molar-refractivity contribution in [2.45, 2.75) is 6.54 Å². The van der Waals surface area contributed by atoms with Gasteiger partial charge in [0, 0.05) is 12.6 Å². The van der Waals surface area contributed by atoms with E-state index in [2.05, 4.69) is 31.2 Å². The zero-order valence-electron chi connectivity index (χ0n) is 18.0. The fourth-order valence-electron chi connectivity index (χ4n) is 2.62. The third-order valence-electron chi connectivity index (χ3n) is 4.15. The summed E-state index contributed by atoms with van der Waals surface area (Å²) in [6, 6.07) is 4.97. The Balaban J connectivity index is 2.14. The molecular weight excluding hydrogens is 502 g/mol. The van der Waals surface area contributed by atoms with Crippen LogP contribution in [-0.2, 0) is 16.0 Å². The predicted octanol–water partition coefficient (Wildman–Crippen LogP) is 1.59. The van der Waals surface area contributed by atoms with Crippen LogP contribution in [0.25, 0.3) is 0 Å². The van der Waals surface area contributed by atoms with Gasteiger partial charge in [-0.05, 0) is 22.0 Å². The number of aliphatic hydroxyl groups excluding tert-OH is 1.